The maximum absolute atomic E-state index is 6.00. The number of nitrogens with two attached hydrogens (primary N) is 1. The van der Waals surface area contributed by atoms with Crippen LogP contribution in [0.2, 0.25) is 0 Å². The third kappa shape index (κ3) is 2.61. The summed E-state index contributed by atoms with van der Waals surface area (Å²) < 4.78 is 12.7. The van der Waals surface area contributed by atoms with Crippen molar-refractivity contribution >= 4 is 37.5 Å². The molecule has 2 heterocycles. The lowest BCUT2D eigenvalue weighted by molar-refractivity contribution is 0.174. The molecule has 23 heavy (non-hydrogen) atoms. The molecule has 0 fully saturated rings. The van der Waals surface area contributed by atoms with E-state index in [-0.39, 0.29) is 12.8 Å². The van der Waals surface area contributed by atoms with Gasteiger partial charge in [-0.1, -0.05) is 0 Å². The maximum Gasteiger partial charge on any atom is 0.231 e. The Morgan fingerprint density at radius 3 is 2.48 bits per heavy atom. The molecule has 2 N–H and O–H groups in total. The number of hydrogen-bond acceptors (Lipinski definition) is 5. The van der Waals surface area contributed by atoms with Crippen LogP contribution in [0.3, 0.4) is 0 Å². The lowest BCUT2D eigenvalue weighted by Crippen LogP contribution is -2.02. The molecule has 0 amide bonds. The summed E-state index contributed by atoms with van der Waals surface area (Å²) in [7, 11) is 0. The molecule has 0 saturated carbocycles. The fourth-order valence-electron chi connectivity index (χ4n) is 2.85. The number of hydrogen-bond donors (Lipinski definition) is 1. The van der Waals surface area contributed by atoms with Gasteiger partial charge in [0.25, 0.3) is 0 Å². The number of halogens is 2. The van der Waals surface area contributed by atoms with Crippen LogP contribution in [0.5, 0.6) is 11.5 Å². The summed E-state index contributed by atoms with van der Waals surface area (Å²) in [5.74, 6) is 1.56. The summed E-state index contributed by atoms with van der Waals surface area (Å²) in [5.41, 5.74) is 9.97. The summed E-state index contributed by atoms with van der Waals surface area (Å²) in [6, 6.07) is 7.86. The van der Waals surface area contributed by atoms with Crippen LogP contribution >= 0.6 is 31.9 Å². The molecule has 2 aliphatic heterocycles. The van der Waals surface area contributed by atoms with E-state index in [1.165, 1.54) is 5.56 Å². The molecule has 118 valence electrons. The zero-order chi connectivity index (χ0) is 16.0. The maximum atomic E-state index is 6.00. The highest BCUT2D eigenvalue weighted by Crippen LogP contribution is 2.42. The highest BCUT2D eigenvalue weighted by Gasteiger charge is 2.25. The van der Waals surface area contributed by atoms with Gasteiger partial charge in [0.05, 0.1) is 12.2 Å². The van der Waals surface area contributed by atoms with Crippen molar-refractivity contribution in [3.63, 3.8) is 0 Å². The third-order valence-electron chi connectivity index (χ3n) is 4.02. The monoisotopic (exact) mass is 437 g/mol. The molecule has 5 nitrogen and oxygen atoms in total. The number of anilines is 1. The number of nitrogen functional groups attached to an aromatic ring is 1. The van der Waals surface area contributed by atoms with Crippen LogP contribution in [0, 0.1) is 0 Å². The Labute approximate surface area is 150 Å². The molecule has 2 aromatic rings. The van der Waals surface area contributed by atoms with Gasteiger partial charge in [-0.05, 0) is 79.2 Å². The number of nitrogens with zero attached hydrogens (tertiary/aromatic N) is 2. The van der Waals surface area contributed by atoms with Gasteiger partial charge in [-0.25, -0.2) is 0 Å². The Bertz CT molecular complexity index is 800. The van der Waals surface area contributed by atoms with Gasteiger partial charge in [0, 0.05) is 8.95 Å². The first-order valence-electron chi connectivity index (χ1n) is 7.17. The number of fused-ring (bicyclic) bond motifs is 2. The molecular formula is C16H13Br2N3O2. The van der Waals surface area contributed by atoms with Crippen molar-refractivity contribution in [1.82, 2.24) is 0 Å². The molecule has 2 aliphatic rings. The third-order valence-corrected chi connectivity index (χ3v) is 5.34. The highest BCUT2D eigenvalue weighted by atomic mass is 79.9. The second-order valence-corrected chi connectivity index (χ2v) is 7.14. The minimum Gasteiger partial charge on any atom is -0.454 e. The number of azo groups is 1. The molecule has 0 saturated heterocycles. The van der Waals surface area contributed by atoms with Gasteiger partial charge >= 0.3 is 0 Å². The molecule has 4 rings (SSSR count). The lowest BCUT2D eigenvalue weighted by atomic mass is 9.93. The van der Waals surface area contributed by atoms with Gasteiger partial charge < -0.3 is 15.2 Å². The fraction of sp³-hybridized carbons (Fsp3) is 0.250. The van der Waals surface area contributed by atoms with Crippen molar-refractivity contribution < 1.29 is 9.47 Å². The first kappa shape index (κ1) is 15.0. The molecule has 0 spiro atoms. The van der Waals surface area contributed by atoms with E-state index in [9.17, 15) is 0 Å². The van der Waals surface area contributed by atoms with Crippen LogP contribution in [-0.2, 0) is 6.42 Å². The molecule has 0 bridgehead atoms. The molecule has 0 radical (unpaired) electrons. The van der Waals surface area contributed by atoms with Crippen molar-refractivity contribution in [1.29, 1.82) is 0 Å². The highest BCUT2D eigenvalue weighted by molar-refractivity contribution is 9.11. The zero-order valence-corrected chi connectivity index (χ0v) is 15.2. The van der Waals surface area contributed by atoms with E-state index in [1.54, 1.807) is 0 Å². The van der Waals surface area contributed by atoms with Crippen LogP contribution in [0.25, 0.3) is 0 Å². The fourth-order valence-corrected chi connectivity index (χ4v) is 4.07. The number of benzene rings is 2. The van der Waals surface area contributed by atoms with Crippen molar-refractivity contribution in [2.45, 2.75) is 12.5 Å². The van der Waals surface area contributed by atoms with Crippen molar-refractivity contribution in [2.24, 2.45) is 10.2 Å². The van der Waals surface area contributed by atoms with Gasteiger partial charge in [-0.2, -0.15) is 10.2 Å². The molecule has 7 heteroatoms. The van der Waals surface area contributed by atoms with Gasteiger partial charge in [-0.15, -0.1) is 0 Å². The van der Waals surface area contributed by atoms with Crippen LogP contribution in [-0.4, -0.2) is 13.3 Å². The molecule has 0 aliphatic carbocycles. The van der Waals surface area contributed by atoms with Crippen LogP contribution in [0.1, 0.15) is 22.7 Å². The molecule has 1 unspecified atom stereocenters. The smallest absolute Gasteiger partial charge is 0.231 e. The lowest BCUT2D eigenvalue weighted by Gasteiger charge is -2.16. The average molecular weight is 439 g/mol. The Morgan fingerprint density at radius 1 is 1.04 bits per heavy atom. The second kappa shape index (κ2) is 5.79. The van der Waals surface area contributed by atoms with E-state index in [2.05, 4.69) is 42.1 Å². The quantitative estimate of drug-likeness (QED) is 0.660. The van der Waals surface area contributed by atoms with Gasteiger partial charge in [0.15, 0.2) is 11.5 Å². The molecule has 2 aromatic carbocycles. The van der Waals surface area contributed by atoms with Gasteiger partial charge in [0.2, 0.25) is 6.79 Å². The molecule has 1 atom stereocenters. The Morgan fingerprint density at radius 2 is 1.74 bits per heavy atom. The SMILES string of the molecule is Nc1c(Br)cc(C2N=NCCc3cc4c(cc32)OCO4)cc1Br. The Hall–Kier alpha value is -1.60. The molecular weight excluding hydrogens is 426 g/mol. The first-order valence-corrected chi connectivity index (χ1v) is 8.75. The molecule has 0 aromatic heterocycles. The van der Waals surface area contributed by atoms with Crippen LogP contribution in [0.4, 0.5) is 5.69 Å². The normalized spacial score (nSPS) is 18.6. The van der Waals surface area contributed by atoms with Gasteiger partial charge in [0.1, 0.15) is 6.04 Å². The van der Waals surface area contributed by atoms with E-state index in [0.29, 0.717) is 12.2 Å². The van der Waals surface area contributed by atoms with Crippen LogP contribution in [0.15, 0.2) is 43.4 Å². The van der Waals surface area contributed by atoms with E-state index in [1.807, 2.05) is 24.3 Å². The predicted octanol–water partition coefficient (Wildman–Crippen LogP) is 4.62. The van der Waals surface area contributed by atoms with Crippen molar-refractivity contribution in [2.75, 3.05) is 19.1 Å². The average Bonchev–Trinajstić information content (AvgIpc) is 2.88. The Kier molecular flexibility index (Phi) is 3.77. The minimum absolute atomic E-state index is 0.185. The van der Waals surface area contributed by atoms with Crippen LogP contribution < -0.4 is 15.2 Å². The summed E-state index contributed by atoms with van der Waals surface area (Å²) >= 11 is 7.00. The minimum atomic E-state index is -0.185. The summed E-state index contributed by atoms with van der Waals surface area (Å²) in [6.07, 6.45) is 0.837. The van der Waals surface area contributed by atoms with Crippen molar-refractivity contribution in [3.8, 4) is 11.5 Å². The number of ether oxygens (including phenoxy) is 2. The largest absolute Gasteiger partial charge is 0.454 e. The Balaban J connectivity index is 1.87. The van der Waals surface area contributed by atoms with E-state index in [0.717, 1.165) is 38.0 Å². The van der Waals surface area contributed by atoms with E-state index >= 15 is 0 Å². The second-order valence-electron chi connectivity index (χ2n) is 5.44. The van der Waals surface area contributed by atoms with E-state index in [4.69, 9.17) is 15.2 Å². The summed E-state index contributed by atoms with van der Waals surface area (Å²) in [4.78, 5) is 0. The predicted molar refractivity (Wildman–Crippen MR) is 94.1 cm³/mol. The first-order chi connectivity index (χ1) is 11.1. The standard InChI is InChI=1S/C16H13Br2N3O2/c17-11-3-9(4-12(18)15(11)19)16-10-6-14-13(22-7-23-14)5-8(10)1-2-20-21-16/h3-6,16H,1-2,7,19H2. The number of rotatable bonds is 1. The van der Waals surface area contributed by atoms with E-state index < -0.39 is 0 Å². The van der Waals surface area contributed by atoms with Gasteiger partial charge in [-0.3, -0.25) is 0 Å². The van der Waals surface area contributed by atoms with Crippen molar-refractivity contribution in [3.05, 3.63) is 49.9 Å². The summed E-state index contributed by atoms with van der Waals surface area (Å²) in [6.45, 7) is 0.934. The topological polar surface area (TPSA) is 69.2 Å². The zero-order valence-electron chi connectivity index (χ0n) is 12.1. The summed E-state index contributed by atoms with van der Waals surface area (Å²) in [5, 5.41) is 8.83.